The van der Waals surface area contributed by atoms with E-state index in [0.29, 0.717) is 17.1 Å². The van der Waals surface area contributed by atoms with Crippen LogP contribution in [-0.4, -0.2) is 4.98 Å². The SMILES string of the molecule is Nc1cnc2ccccc2c1Nc1ccc(F)c(F)c1. The van der Waals surface area contributed by atoms with E-state index in [0.717, 1.165) is 23.0 Å². The van der Waals surface area contributed by atoms with Crippen molar-refractivity contribution in [2.24, 2.45) is 0 Å². The number of nitrogen functional groups attached to an aromatic ring is 1. The molecular weight excluding hydrogens is 260 g/mol. The molecule has 0 bridgehead atoms. The Bertz CT molecular complexity index is 787. The van der Waals surface area contributed by atoms with Crippen LogP contribution in [-0.2, 0) is 0 Å². The van der Waals surface area contributed by atoms with E-state index >= 15 is 0 Å². The molecule has 0 aliphatic heterocycles. The number of pyridine rings is 1. The molecule has 1 heterocycles. The van der Waals surface area contributed by atoms with Crippen molar-refractivity contribution in [3.8, 4) is 0 Å². The van der Waals surface area contributed by atoms with Gasteiger partial charge in [0.1, 0.15) is 0 Å². The summed E-state index contributed by atoms with van der Waals surface area (Å²) in [7, 11) is 0. The molecule has 0 saturated heterocycles. The molecule has 100 valence electrons. The number of nitrogens with two attached hydrogens (primary N) is 1. The van der Waals surface area contributed by atoms with Crippen molar-refractivity contribution in [2.45, 2.75) is 0 Å². The molecule has 0 aliphatic carbocycles. The monoisotopic (exact) mass is 271 g/mol. The molecule has 5 heteroatoms. The summed E-state index contributed by atoms with van der Waals surface area (Å²) in [5, 5.41) is 3.83. The van der Waals surface area contributed by atoms with Crippen LogP contribution in [0.4, 0.5) is 25.8 Å². The molecule has 0 saturated carbocycles. The summed E-state index contributed by atoms with van der Waals surface area (Å²) in [6.45, 7) is 0. The van der Waals surface area contributed by atoms with Crippen molar-refractivity contribution in [1.82, 2.24) is 4.98 Å². The summed E-state index contributed by atoms with van der Waals surface area (Å²) >= 11 is 0. The van der Waals surface area contributed by atoms with Crippen LogP contribution < -0.4 is 11.1 Å². The Balaban J connectivity index is 2.10. The van der Waals surface area contributed by atoms with Crippen molar-refractivity contribution in [1.29, 1.82) is 0 Å². The number of nitrogens with one attached hydrogen (secondary N) is 1. The highest BCUT2D eigenvalue weighted by molar-refractivity contribution is 5.98. The van der Waals surface area contributed by atoms with E-state index in [1.807, 2.05) is 24.3 Å². The van der Waals surface area contributed by atoms with Gasteiger partial charge in [-0.15, -0.1) is 0 Å². The molecule has 3 aromatic rings. The zero-order valence-electron chi connectivity index (χ0n) is 10.4. The smallest absolute Gasteiger partial charge is 0.160 e. The van der Waals surface area contributed by atoms with Crippen molar-refractivity contribution in [3.05, 3.63) is 60.3 Å². The molecule has 3 N–H and O–H groups in total. The molecule has 3 rings (SSSR count). The Kier molecular flexibility index (Phi) is 2.95. The number of benzene rings is 2. The average Bonchev–Trinajstić information content (AvgIpc) is 2.46. The lowest BCUT2D eigenvalue weighted by Gasteiger charge is -2.12. The number of nitrogens with zero attached hydrogens (tertiary/aromatic N) is 1. The average molecular weight is 271 g/mol. The number of anilines is 3. The van der Waals surface area contributed by atoms with Gasteiger partial charge in [-0.2, -0.15) is 0 Å². The fourth-order valence-corrected chi connectivity index (χ4v) is 2.01. The molecule has 0 radical (unpaired) electrons. The maximum atomic E-state index is 13.2. The minimum absolute atomic E-state index is 0.423. The minimum atomic E-state index is -0.910. The van der Waals surface area contributed by atoms with Gasteiger partial charge in [-0.3, -0.25) is 4.98 Å². The summed E-state index contributed by atoms with van der Waals surface area (Å²) in [5.41, 5.74) is 8.17. The van der Waals surface area contributed by atoms with E-state index in [1.54, 1.807) is 0 Å². The fraction of sp³-hybridized carbons (Fsp3) is 0. The Morgan fingerprint density at radius 2 is 1.80 bits per heavy atom. The molecule has 1 aromatic heterocycles. The largest absolute Gasteiger partial charge is 0.396 e. The summed E-state index contributed by atoms with van der Waals surface area (Å²) in [5.74, 6) is -1.80. The van der Waals surface area contributed by atoms with Crippen LogP contribution in [0.1, 0.15) is 0 Å². The molecule has 0 amide bonds. The molecule has 2 aromatic carbocycles. The van der Waals surface area contributed by atoms with Gasteiger partial charge in [0.25, 0.3) is 0 Å². The molecule has 0 aliphatic rings. The number of hydrogen-bond acceptors (Lipinski definition) is 3. The van der Waals surface area contributed by atoms with Crippen LogP contribution in [0.25, 0.3) is 10.9 Å². The van der Waals surface area contributed by atoms with Gasteiger partial charge in [-0.1, -0.05) is 18.2 Å². The van der Waals surface area contributed by atoms with Gasteiger partial charge in [0, 0.05) is 17.1 Å². The number of hydrogen-bond donors (Lipinski definition) is 2. The quantitative estimate of drug-likeness (QED) is 0.744. The first kappa shape index (κ1) is 12.3. The standard InChI is InChI=1S/C15H11F2N3/c16-11-6-5-9(7-12(11)17)20-15-10-3-1-2-4-14(10)19-8-13(15)18/h1-8H,18H2,(H,19,20). The van der Waals surface area contributed by atoms with Crippen LogP contribution in [0.3, 0.4) is 0 Å². The van der Waals surface area contributed by atoms with Gasteiger partial charge in [0.15, 0.2) is 11.6 Å². The van der Waals surface area contributed by atoms with Gasteiger partial charge in [0.05, 0.1) is 23.1 Å². The van der Waals surface area contributed by atoms with Gasteiger partial charge < -0.3 is 11.1 Å². The van der Waals surface area contributed by atoms with Crippen molar-refractivity contribution in [2.75, 3.05) is 11.1 Å². The summed E-state index contributed by atoms with van der Waals surface area (Å²) < 4.78 is 26.2. The van der Waals surface area contributed by atoms with E-state index in [2.05, 4.69) is 10.3 Å². The van der Waals surface area contributed by atoms with Gasteiger partial charge in [0.2, 0.25) is 0 Å². The molecule has 20 heavy (non-hydrogen) atoms. The minimum Gasteiger partial charge on any atom is -0.396 e. The topological polar surface area (TPSA) is 50.9 Å². The van der Waals surface area contributed by atoms with Crippen LogP contribution in [0.5, 0.6) is 0 Å². The number of para-hydroxylation sites is 1. The summed E-state index contributed by atoms with van der Waals surface area (Å²) in [6, 6.07) is 11.0. The number of rotatable bonds is 2. The van der Waals surface area contributed by atoms with Crippen LogP contribution in [0.2, 0.25) is 0 Å². The second kappa shape index (κ2) is 4.77. The molecular formula is C15H11F2N3. The van der Waals surface area contributed by atoms with E-state index in [-0.39, 0.29) is 0 Å². The first-order valence-electron chi connectivity index (χ1n) is 6.00. The van der Waals surface area contributed by atoms with Gasteiger partial charge in [-0.05, 0) is 18.2 Å². The fourth-order valence-electron chi connectivity index (χ4n) is 2.01. The summed E-state index contributed by atoms with van der Waals surface area (Å²) in [6.07, 6.45) is 1.53. The Labute approximate surface area is 114 Å². The van der Waals surface area contributed by atoms with Crippen LogP contribution >= 0.6 is 0 Å². The lowest BCUT2D eigenvalue weighted by atomic mass is 10.1. The molecule has 0 unspecified atom stereocenters. The number of fused-ring (bicyclic) bond motifs is 1. The van der Waals surface area contributed by atoms with Gasteiger partial charge >= 0.3 is 0 Å². The lowest BCUT2D eigenvalue weighted by molar-refractivity contribution is 0.509. The Morgan fingerprint density at radius 1 is 1.00 bits per heavy atom. The summed E-state index contributed by atoms with van der Waals surface area (Å²) in [4.78, 5) is 4.22. The second-order valence-corrected chi connectivity index (χ2v) is 4.36. The Hall–Kier alpha value is -2.69. The van der Waals surface area contributed by atoms with E-state index in [4.69, 9.17) is 5.73 Å². The van der Waals surface area contributed by atoms with Crippen molar-refractivity contribution >= 4 is 28.0 Å². The predicted octanol–water partition coefficient (Wildman–Crippen LogP) is 3.84. The third-order valence-electron chi connectivity index (χ3n) is 2.99. The van der Waals surface area contributed by atoms with E-state index in [1.165, 1.54) is 12.3 Å². The first-order valence-corrected chi connectivity index (χ1v) is 6.00. The first-order chi connectivity index (χ1) is 9.65. The van der Waals surface area contributed by atoms with E-state index in [9.17, 15) is 8.78 Å². The molecule has 0 atom stereocenters. The van der Waals surface area contributed by atoms with Gasteiger partial charge in [-0.25, -0.2) is 8.78 Å². The predicted molar refractivity (Wildman–Crippen MR) is 75.8 cm³/mol. The maximum absolute atomic E-state index is 13.2. The highest BCUT2D eigenvalue weighted by Gasteiger charge is 2.08. The Morgan fingerprint density at radius 3 is 2.60 bits per heavy atom. The third-order valence-corrected chi connectivity index (χ3v) is 2.99. The zero-order chi connectivity index (χ0) is 14.1. The van der Waals surface area contributed by atoms with Crippen molar-refractivity contribution < 1.29 is 8.78 Å². The highest BCUT2D eigenvalue weighted by Crippen LogP contribution is 2.30. The number of aromatic nitrogens is 1. The van der Waals surface area contributed by atoms with E-state index < -0.39 is 11.6 Å². The van der Waals surface area contributed by atoms with Crippen molar-refractivity contribution in [3.63, 3.8) is 0 Å². The van der Waals surface area contributed by atoms with Crippen LogP contribution in [0, 0.1) is 11.6 Å². The second-order valence-electron chi connectivity index (χ2n) is 4.36. The normalized spacial score (nSPS) is 10.7. The molecule has 0 fully saturated rings. The highest BCUT2D eigenvalue weighted by atomic mass is 19.2. The number of halogens is 2. The van der Waals surface area contributed by atoms with Crippen LogP contribution in [0.15, 0.2) is 48.7 Å². The molecule has 0 spiro atoms. The lowest BCUT2D eigenvalue weighted by Crippen LogP contribution is -1.99. The zero-order valence-corrected chi connectivity index (χ0v) is 10.4. The molecule has 3 nitrogen and oxygen atoms in total. The maximum Gasteiger partial charge on any atom is 0.160 e. The third kappa shape index (κ3) is 2.14.